The van der Waals surface area contributed by atoms with Gasteiger partial charge in [-0.15, -0.1) is 0 Å². The predicted octanol–water partition coefficient (Wildman–Crippen LogP) is 2.82. The lowest BCUT2D eigenvalue weighted by Crippen LogP contribution is -2.55. The second-order valence-electron chi connectivity index (χ2n) is 8.86. The molecule has 2 aliphatic rings. The highest BCUT2D eigenvalue weighted by atomic mass is 16.1. The van der Waals surface area contributed by atoms with Crippen molar-refractivity contribution in [3.05, 3.63) is 30.1 Å². The molecule has 27 heavy (non-hydrogen) atoms. The van der Waals surface area contributed by atoms with Gasteiger partial charge in [0.1, 0.15) is 0 Å². The summed E-state index contributed by atoms with van der Waals surface area (Å²) < 4.78 is 0. The summed E-state index contributed by atoms with van der Waals surface area (Å²) in [7, 11) is 0. The number of nitrogens with zero attached hydrogens (tertiary/aromatic N) is 2. The van der Waals surface area contributed by atoms with E-state index in [9.17, 15) is 4.79 Å². The zero-order chi connectivity index (χ0) is 19.1. The first-order valence-corrected chi connectivity index (χ1v) is 10.7. The molecule has 2 fully saturated rings. The number of hydrogen-bond donors (Lipinski definition) is 2. The van der Waals surface area contributed by atoms with E-state index in [2.05, 4.69) is 40.4 Å². The van der Waals surface area contributed by atoms with Gasteiger partial charge in [0.2, 0.25) is 5.91 Å². The summed E-state index contributed by atoms with van der Waals surface area (Å²) in [5.41, 5.74) is 1.31. The topological polar surface area (TPSA) is 57.3 Å². The van der Waals surface area contributed by atoms with Gasteiger partial charge in [0.15, 0.2) is 0 Å². The van der Waals surface area contributed by atoms with Crippen LogP contribution in [0.3, 0.4) is 0 Å². The van der Waals surface area contributed by atoms with Gasteiger partial charge in [-0.05, 0) is 61.6 Å². The first kappa shape index (κ1) is 20.3. The van der Waals surface area contributed by atoms with Crippen LogP contribution in [-0.4, -0.2) is 48.0 Å². The normalized spacial score (nSPS) is 25.5. The van der Waals surface area contributed by atoms with Crippen LogP contribution < -0.4 is 10.6 Å². The monoisotopic (exact) mass is 372 g/mol. The summed E-state index contributed by atoms with van der Waals surface area (Å²) in [5.74, 6) is 2.32. The van der Waals surface area contributed by atoms with E-state index in [0.717, 1.165) is 51.4 Å². The molecule has 1 aromatic heterocycles. The summed E-state index contributed by atoms with van der Waals surface area (Å²) in [6.07, 6.45) is 8.97. The molecule has 5 heteroatoms. The highest BCUT2D eigenvalue weighted by Gasteiger charge is 2.36. The maximum atomic E-state index is 12.0. The van der Waals surface area contributed by atoms with Gasteiger partial charge < -0.3 is 10.6 Å². The average Bonchev–Trinajstić information content (AvgIpc) is 2.64. The van der Waals surface area contributed by atoms with Crippen LogP contribution in [0.2, 0.25) is 0 Å². The van der Waals surface area contributed by atoms with E-state index in [1.807, 2.05) is 18.5 Å². The summed E-state index contributed by atoms with van der Waals surface area (Å²) in [5, 5.41) is 6.82. The summed E-state index contributed by atoms with van der Waals surface area (Å²) in [4.78, 5) is 18.8. The summed E-state index contributed by atoms with van der Waals surface area (Å²) >= 11 is 0. The minimum absolute atomic E-state index is 0.214. The van der Waals surface area contributed by atoms with Gasteiger partial charge >= 0.3 is 0 Å². The van der Waals surface area contributed by atoms with Crippen LogP contribution in [0.25, 0.3) is 0 Å². The SMILES string of the molecule is CC(C)CCNC(=O)CCC[C@H]1NCC2CC1CN(Cc1cccnc1)C2. The average molecular weight is 373 g/mol. The van der Waals surface area contributed by atoms with Crippen molar-refractivity contribution in [3.8, 4) is 0 Å². The molecule has 3 rings (SSSR count). The Hall–Kier alpha value is -1.46. The molecular formula is C22H36N4O. The molecule has 2 unspecified atom stereocenters. The van der Waals surface area contributed by atoms with Gasteiger partial charge in [-0.3, -0.25) is 14.7 Å². The van der Waals surface area contributed by atoms with Crippen LogP contribution in [0.4, 0.5) is 0 Å². The molecule has 3 atom stereocenters. The first-order valence-electron chi connectivity index (χ1n) is 10.7. The van der Waals surface area contributed by atoms with Gasteiger partial charge in [-0.25, -0.2) is 0 Å². The van der Waals surface area contributed by atoms with Gasteiger partial charge in [-0.1, -0.05) is 19.9 Å². The molecule has 3 heterocycles. The third-order valence-corrected chi connectivity index (χ3v) is 5.97. The van der Waals surface area contributed by atoms with Crippen LogP contribution in [0, 0.1) is 17.8 Å². The molecule has 0 spiro atoms. The standard InChI is InChI=1S/C22H36N4O/c1-17(2)8-10-24-22(27)7-3-6-21-20-11-19(13-25-21)15-26(16-20)14-18-5-4-9-23-12-18/h4-5,9,12,17,19-21,25H,3,6-8,10-11,13-16H2,1-2H3,(H,24,27)/t19?,20?,21-/m1/s1. The molecule has 0 saturated carbocycles. The Labute approximate surface area is 164 Å². The van der Waals surface area contributed by atoms with Crippen molar-refractivity contribution in [1.29, 1.82) is 0 Å². The molecule has 0 radical (unpaired) electrons. The third kappa shape index (κ3) is 6.58. The number of carbonyl (C=O) groups excluding carboxylic acids is 1. The number of nitrogens with one attached hydrogen (secondary N) is 2. The number of piperidine rings is 2. The Morgan fingerprint density at radius 1 is 1.41 bits per heavy atom. The fourth-order valence-electron chi connectivity index (χ4n) is 4.56. The number of likely N-dealkylation sites (tertiary alicyclic amines) is 1. The van der Waals surface area contributed by atoms with Crippen LogP contribution in [-0.2, 0) is 11.3 Å². The van der Waals surface area contributed by atoms with Crippen molar-refractivity contribution < 1.29 is 4.79 Å². The number of pyridine rings is 1. The van der Waals surface area contributed by atoms with Crippen molar-refractivity contribution in [2.75, 3.05) is 26.2 Å². The van der Waals surface area contributed by atoms with E-state index < -0.39 is 0 Å². The van der Waals surface area contributed by atoms with Crippen LogP contribution in [0.1, 0.15) is 51.5 Å². The molecule has 1 amide bonds. The fourth-order valence-corrected chi connectivity index (χ4v) is 4.56. The second-order valence-corrected chi connectivity index (χ2v) is 8.86. The minimum Gasteiger partial charge on any atom is -0.356 e. The zero-order valence-electron chi connectivity index (χ0n) is 17.0. The lowest BCUT2D eigenvalue weighted by molar-refractivity contribution is -0.121. The molecule has 5 nitrogen and oxygen atoms in total. The highest BCUT2D eigenvalue weighted by molar-refractivity contribution is 5.75. The zero-order valence-corrected chi connectivity index (χ0v) is 17.0. The van der Waals surface area contributed by atoms with E-state index in [4.69, 9.17) is 0 Å². The lowest BCUT2D eigenvalue weighted by Gasteiger charge is -2.46. The molecule has 2 saturated heterocycles. The Morgan fingerprint density at radius 3 is 3.07 bits per heavy atom. The number of rotatable bonds is 9. The number of hydrogen-bond acceptors (Lipinski definition) is 4. The molecular weight excluding hydrogens is 336 g/mol. The molecule has 150 valence electrons. The van der Waals surface area contributed by atoms with Crippen molar-refractivity contribution in [2.45, 2.75) is 58.5 Å². The molecule has 2 bridgehead atoms. The van der Waals surface area contributed by atoms with Crippen molar-refractivity contribution in [2.24, 2.45) is 17.8 Å². The molecule has 0 aromatic carbocycles. The van der Waals surface area contributed by atoms with E-state index in [1.165, 1.54) is 18.5 Å². The Bertz CT molecular complexity index is 577. The quantitative estimate of drug-likeness (QED) is 0.700. The Balaban J connectivity index is 1.40. The van der Waals surface area contributed by atoms with E-state index >= 15 is 0 Å². The Kier molecular flexibility index (Phi) is 7.65. The van der Waals surface area contributed by atoms with Gasteiger partial charge in [0.25, 0.3) is 0 Å². The number of fused-ring (bicyclic) bond motifs is 2. The number of aromatic nitrogens is 1. The largest absolute Gasteiger partial charge is 0.356 e. The minimum atomic E-state index is 0.214. The smallest absolute Gasteiger partial charge is 0.219 e. The predicted molar refractivity (Wildman–Crippen MR) is 109 cm³/mol. The first-order chi connectivity index (χ1) is 13.1. The number of amides is 1. The van der Waals surface area contributed by atoms with Gasteiger partial charge in [0.05, 0.1) is 0 Å². The van der Waals surface area contributed by atoms with Gasteiger partial charge in [-0.2, -0.15) is 0 Å². The maximum Gasteiger partial charge on any atom is 0.219 e. The number of carbonyl (C=O) groups is 1. The van der Waals surface area contributed by atoms with Crippen LogP contribution in [0.5, 0.6) is 0 Å². The van der Waals surface area contributed by atoms with E-state index in [-0.39, 0.29) is 5.91 Å². The molecule has 1 aromatic rings. The van der Waals surface area contributed by atoms with E-state index in [0.29, 0.717) is 24.3 Å². The third-order valence-electron chi connectivity index (χ3n) is 5.97. The van der Waals surface area contributed by atoms with Crippen molar-refractivity contribution >= 4 is 5.91 Å². The maximum absolute atomic E-state index is 12.0. The van der Waals surface area contributed by atoms with E-state index in [1.54, 1.807) is 0 Å². The van der Waals surface area contributed by atoms with Crippen molar-refractivity contribution in [1.82, 2.24) is 20.5 Å². The second kappa shape index (κ2) is 10.2. The molecule has 2 aliphatic heterocycles. The van der Waals surface area contributed by atoms with Crippen LogP contribution >= 0.6 is 0 Å². The molecule has 2 N–H and O–H groups in total. The Morgan fingerprint density at radius 2 is 2.30 bits per heavy atom. The summed E-state index contributed by atoms with van der Waals surface area (Å²) in [6.45, 7) is 9.65. The van der Waals surface area contributed by atoms with Crippen LogP contribution in [0.15, 0.2) is 24.5 Å². The fraction of sp³-hybridized carbons (Fsp3) is 0.727. The molecule has 0 aliphatic carbocycles. The highest BCUT2D eigenvalue weighted by Crippen LogP contribution is 2.31. The lowest BCUT2D eigenvalue weighted by atomic mass is 9.79. The summed E-state index contributed by atoms with van der Waals surface area (Å²) in [6, 6.07) is 4.75. The van der Waals surface area contributed by atoms with Crippen molar-refractivity contribution in [3.63, 3.8) is 0 Å². The van der Waals surface area contributed by atoms with Gasteiger partial charge in [0, 0.05) is 51.0 Å².